The SMILES string of the molecule is CCOC(=O)c1nnc(C)n1C1CCCc2ccccc21. The van der Waals surface area contributed by atoms with Gasteiger partial charge in [0.25, 0.3) is 0 Å². The molecule has 1 aromatic heterocycles. The quantitative estimate of drug-likeness (QED) is 0.814. The summed E-state index contributed by atoms with van der Waals surface area (Å²) in [6, 6.07) is 8.51. The number of esters is 1. The maximum atomic E-state index is 12.1. The van der Waals surface area contributed by atoms with Crippen LogP contribution in [0.5, 0.6) is 0 Å². The van der Waals surface area contributed by atoms with Crippen molar-refractivity contribution < 1.29 is 9.53 Å². The molecule has 1 aliphatic rings. The molecule has 0 fully saturated rings. The second kappa shape index (κ2) is 5.68. The largest absolute Gasteiger partial charge is 0.460 e. The summed E-state index contributed by atoms with van der Waals surface area (Å²) < 4.78 is 7.03. The Morgan fingerprint density at radius 2 is 2.19 bits per heavy atom. The summed E-state index contributed by atoms with van der Waals surface area (Å²) in [4.78, 5) is 12.1. The van der Waals surface area contributed by atoms with E-state index in [-0.39, 0.29) is 6.04 Å². The summed E-state index contributed by atoms with van der Waals surface area (Å²) in [5, 5.41) is 8.10. The molecule has 1 heterocycles. The molecule has 5 heteroatoms. The molecular formula is C16H19N3O2. The molecule has 1 unspecified atom stereocenters. The highest BCUT2D eigenvalue weighted by molar-refractivity contribution is 5.85. The first kappa shape index (κ1) is 13.8. The Hall–Kier alpha value is -2.17. The van der Waals surface area contributed by atoms with E-state index in [1.807, 2.05) is 17.6 Å². The molecule has 0 spiro atoms. The molecule has 2 aromatic rings. The van der Waals surface area contributed by atoms with Crippen LogP contribution in [0.4, 0.5) is 0 Å². The molecule has 0 radical (unpaired) electrons. The van der Waals surface area contributed by atoms with Gasteiger partial charge in [-0.2, -0.15) is 0 Å². The zero-order valence-electron chi connectivity index (χ0n) is 12.4. The number of carbonyl (C=O) groups is 1. The smallest absolute Gasteiger partial charge is 0.376 e. The van der Waals surface area contributed by atoms with Crippen molar-refractivity contribution in [2.75, 3.05) is 6.61 Å². The van der Waals surface area contributed by atoms with Gasteiger partial charge in [0.15, 0.2) is 0 Å². The number of aryl methyl sites for hydroxylation is 2. The van der Waals surface area contributed by atoms with Gasteiger partial charge in [-0.15, -0.1) is 10.2 Å². The van der Waals surface area contributed by atoms with E-state index in [2.05, 4.69) is 28.4 Å². The van der Waals surface area contributed by atoms with Crippen LogP contribution >= 0.6 is 0 Å². The number of carbonyl (C=O) groups excluding carboxylic acids is 1. The zero-order valence-corrected chi connectivity index (χ0v) is 12.4. The van der Waals surface area contributed by atoms with Crippen LogP contribution in [0.2, 0.25) is 0 Å². The van der Waals surface area contributed by atoms with E-state index >= 15 is 0 Å². The second-order valence-corrected chi connectivity index (χ2v) is 5.27. The Morgan fingerprint density at radius 3 is 3.00 bits per heavy atom. The highest BCUT2D eigenvalue weighted by Crippen LogP contribution is 2.34. The molecule has 1 aliphatic carbocycles. The Balaban J connectivity index is 2.06. The molecular weight excluding hydrogens is 266 g/mol. The van der Waals surface area contributed by atoms with Crippen LogP contribution in [0.25, 0.3) is 0 Å². The summed E-state index contributed by atoms with van der Waals surface area (Å²) in [6.45, 7) is 4.01. The van der Waals surface area contributed by atoms with E-state index in [0.717, 1.165) is 25.1 Å². The van der Waals surface area contributed by atoms with Crippen molar-refractivity contribution in [2.24, 2.45) is 0 Å². The number of benzene rings is 1. The van der Waals surface area contributed by atoms with Crippen LogP contribution in [0, 0.1) is 6.92 Å². The molecule has 0 saturated carbocycles. The molecule has 5 nitrogen and oxygen atoms in total. The van der Waals surface area contributed by atoms with Gasteiger partial charge in [0, 0.05) is 0 Å². The average Bonchev–Trinajstić information content (AvgIpc) is 2.88. The van der Waals surface area contributed by atoms with Crippen LogP contribution in [-0.2, 0) is 11.2 Å². The lowest BCUT2D eigenvalue weighted by Crippen LogP contribution is -2.23. The first-order valence-corrected chi connectivity index (χ1v) is 7.38. The van der Waals surface area contributed by atoms with Gasteiger partial charge in [-0.25, -0.2) is 4.79 Å². The molecule has 3 rings (SSSR count). The number of fused-ring (bicyclic) bond motifs is 1. The van der Waals surface area contributed by atoms with Gasteiger partial charge in [-0.1, -0.05) is 24.3 Å². The first-order valence-electron chi connectivity index (χ1n) is 7.38. The third-order valence-corrected chi connectivity index (χ3v) is 3.97. The van der Waals surface area contributed by atoms with E-state index in [0.29, 0.717) is 12.4 Å². The first-order chi connectivity index (χ1) is 10.2. The van der Waals surface area contributed by atoms with Gasteiger partial charge in [-0.3, -0.25) is 4.57 Å². The molecule has 0 amide bonds. The lowest BCUT2D eigenvalue weighted by atomic mass is 9.87. The topological polar surface area (TPSA) is 57.0 Å². The lowest BCUT2D eigenvalue weighted by Gasteiger charge is -2.27. The predicted octanol–water partition coefficient (Wildman–Crippen LogP) is 2.69. The molecule has 0 saturated heterocycles. The standard InChI is InChI=1S/C16H19N3O2/c1-3-21-16(20)15-18-17-11(2)19(15)14-10-6-8-12-7-4-5-9-13(12)14/h4-5,7,9,14H,3,6,8,10H2,1-2H3. The Kier molecular flexibility index (Phi) is 3.73. The van der Waals surface area contributed by atoms with Crippen molar-refractivity contribution in [1.29, 1.82) is 0 Å². The van der Waals surface area contributed by atoms with E-state index in [1.54, 1.807) is 6.92 Å². The van der Waals surface area contributed by atoms with Crippen LogP contribution in [0.1, 0.15) is 53.4 Å². The summed E-state index contributed by atoms with van der Waals surface area (Å²) in [5.74, 6) is 0.650. The van der Waals surface area contributed by atoms with E-state index in [4.69, 9.17) is 4.74 Å². The normalized spacial score (nSPS) is 17.3. The summed E-state index contributed by atoms with van der Waals surface area (Å²) in [6.07, 6.45) is 3.17. The number of aromatic nitrogens is 3. The molecule has 1 atom stereocenters. The Labute approximate surface area is 124 Å². The third-order valence-electron chi connectivity index (χ3n) is 3.97. The summed E-state index contributed by atoms with van der Waals surface area (Å²) >= 11 is 0. The second-order valence-electron chi connectivity index (χ2n) is 5.27. The van der Waals surface area contributed by atoms with E-state index in [1.165, 1.54) is 11.1 Å². The van der Waals surface area contributed by atoms with Crippen molar-refractivity contribution in [3.63, 3.8) is 0 Å². The maximum Gasteiger partial charge on any atom is 0.376 e. The molecule has 21 heavy (non-hydrogen) atoms. The van der Waals surface area contributed by atoms with Crippen molar-refractivity contribution in [2.45, 2.75) is 39.2 Å². The minimum atomic E-state index is -0.402. The maximum absolute atomic E-state index is 12.1. The van der Waals surface area contributed by atoms with Crippen LogP contribution in [0.3, 0.4) is 0 Å². The van der Waals surface area contributed by atoms with Crippen LogP contribution < -0.4 is 0 Å². The number of hydrogen-bond donors (Lipinski definition) is 0. The fraction of sp³-hybridized carbons (Fsp3) is 0.438. The molecule has 0 N–H and O–H groups in total. The van der Waals surface area contributed by atoms with Crippen molar-refractivity contribution in [1.82, 2.24) is 14.8 Å². The zero-order chi connectivity index (χ0) is 14.8. The molecule has 0 aliphatic heterocycles. The van der Waals surface area contributed by atoms with Crippen LogP contribution in [-0.4, -0.2) is 27.3 Å². The van der Waals surface area contributed by atoms with E-state index < -0.39 is 5.97 Å². The van der Waals surface area contributed by atoms with Crippen molar-refractivity contribution in [3.05, 3.63) is 47.0 Å². The predicted molar refractivity (Wildman–Crippen MR) is 78.2 cm³/mol. The minimum absolute atomic E-state index is 0.115. The number of nitrogens with zero attached hydrogens (tertiary/aromatic N) is 3. The fourth-order valence-electron chi connectivity index (χ4n) is 3.07. The number of ether oxygens (including phenoxy) is 1. The van der Waals surface area contributed by atoms with Crippen LogP contribution in [0.15, 0.2) is 24.3 Å². The van der Waals surface area contributed by atoms with E-state index in [9.17, 15) is 4.79 Å². The minimum Gasteiger partial charge on any atom is -0.460 e. The molecule has 0 bridgehead atoms. The number of rotatable bonds is 3. The van der Waals surface area contributed by atoms with Gasteiger partial charge in [0.1, 0.15) is 5.82 Å². The highest BCUT2D eigenvalue weighted by atomic mass is 16.5. The van der Waals surface area contributed by atoms with Gasteiger partial charge in [0.05, 0.1) is 12.6 Å². The number of hydrogen-bond acceptors (Lipinski definition) is 4. The molecule has 110 valence electrons. The van der Waals surface area contributed by atoms with Gasteiger partial charge >= 0.3 is 5.97 Å². The average molecular weight is 285 g/mol. The Morgan fingerprint density at radius 1 is 1.38 bits per heavy atom. The summed E-state index contributed by atoms with van der Waals surface area (Å²) in [7, 11) is 0. The summed E-state index contributed by atoms with van der Waals surface area (Å²) in [5.41, 5.74) is 2.61. The Bertz CT molecular complexity index is 663. The fourth-order valence-corrected chi connectivity index (χ4v) is 3.07. The highest BCUT2D eigenvalue weighted by Gasteiger charge is 2.28. The van der Waals surface area contributed by atoms with Gasteiger partial charge in [-0.05, 0) is 44.2 Å². The van der Waals surface area contributed by atoms with Crippen molar-refractivity contribution >= 4 is 5.97 Å². The van der Waals surface area contributed by atoms with Crippen molar-refractivity contribution in [3.8, 4) is 0 Å². The van der Waals surface area contributed by atoms with Gasteiger partial charge < -0.3 is 4.74 Å². The third kappa shape index (κ3) is 2.44. The monoisotopic (exact) mass is 285 g/mol. The van der Waals surface area contributed by atoms with Gasteiger partial charge in [0.2, 0.25) is 5.82 Å². The molecule has 1 aromatic carbocycles. The lowest BCUT2D eigenvalue weighted by molar-refractivity contribution is 0.0503.